The Labute approximate surface area is 217 Å². The first-order chi connectivity index (χ1) is 16.6. The summed E-state index contributed by atoms with van der Waals surface area (Å²) in [6.07, 6.45) is 13.8. The molecular weight excluding hydrogens is 446 g/mol. The van der Waals surface area contributed by atoms with E-state index in [4.69, 9.17) is 4.74 Å². The van der Waals surface area contributed by atoms with Gasteiger partial charge in [-0.1, -0.05) is 70.9 Å². The van der Waals surface area contributed by atoms with E-state index in [9.17, 15) is 14.9 Å². The number of nitriles is 1. The number of carbonyl (C=O) groups is 2. The molecule has 0 aliphatic heterocycles. The fourth-order valence-electron chi connectivity index (χ4n) is 9.71. The average molecular weight is 490 g/mol. The van der Waals surface area contributed by atoms with Gasteiger partial charge in [0.25, 0.3) is 0 Å². The number of esters is 1. The number of allylic oxidation sites excluding steroid dienone is 6. The molecule has 0 aromatic carbocycles. The van der Waals surface area contributed by atoms with Crippen LogP contribution in [-0.4, -0.2) is 18.9 Å². The zero-order valence-corrected chi connectivity index (χ0v) is 23.5. The summed E-state index contributed by atoms with van der Waals surface area (Å²) in [5.41, 5.74) is 2.02. The van der Waals surface area contributed by atoms with Crippen LogP contribution in [-0.2, 0) is 14.3 Å². The number of hydrogen-bond donors (Lipinski definition) is 0. The van der Waals surface area contributed by atoms with Crippen molar-refractivity contribution in [3.63, 3.8) is 0 Å². The molecule has 7 atom stereocenters. The monoisotopic (exact) mass is 489 g/mol. The lowest BCUT2D eigenvalue weighted by atomic mass is 9.36. The van der Waals surface area contributed by atoms with Gasteiger partial charge in [-0.3, -0.25) is 9.59 Å². The van der Waals surface area contributed by atoms with Gasteiger partial charge in [0.1, 0.15) is 6.07 Å². The lowest BCUT2D eigenvalue weighted by molar-refractivity contribution is -0.158. The van der Waals surface area contributed by atoms with E-state index in [1.54, 1.807) is 0 Å². The maximum atomic E-state index is 13.2. The second-order valence-electron chi connectivity index (χ2n) is 14.4. The average Bonchev–Trinajstić information content (AvgIpc) is 2.82. The number of hydrogen-bond acceptors (Lipinski definition) is 4. The predicted molar refractivity (Wildman–Crippen MR) is 140 cm³/mol. The van der Waals surface area contributed by atoms with Crippen LogP contribution in [0.4, 0.5) is 0 Å². The van der Waals surface area contributed by atoms with Gasteiger partial charge in [-0.15, -0.1) is 0 Å². The SMILES string of the molecule is COC(=O)[C@@]1(C)CC[C@]2(C)CC[C@]3(C)C(=CC=C4[C@@]5(C)C=C(C#N)C(=O)C(C)(C)[C@@H]5CC[C@]43C)[C@@H]2C1. The molecule has 5 aliphatic carbocycles. The minimum Gasteiger partial charge on any atom is -0.469 e. The van der Waals surface area contributed by atoms with Crippen LogP contribution in [0, 0.1) is 55.7 Å². The summed E-state index contributed by atoms with van der Waals surface area (Å²) in [6, 6.07) is 2.23. The first-order valence-electron chi connectivity index (χ1n) is 13.8. The second kappa shape index (κ2) is 7.46. The van der Waals surface area contributed by atoms with E-state index in [-0.39, 0.29) is 39.3 Å². The zero-order valence-electron chi connectivity index (χ0n) is 23.5. The Bertz CT molecular complexity index is 1180. The number of rotatable bonds is 1. The largest absolute Gasteiger partial charge is 0.469 e. The van der Waals surface area contributed by atoms with Crippen LogP contribution >= 0.6 is 0 Å². The van der Waals surface area contributed by atoms with Gasteiger partial charge in [-0.2, -0.15) is 5.26 Å². The third-order valence-electron chi connectivity index (χ3n) is 12.4. The molecule has 4 heteroatoms. The van der Waals surface area contributed by atoms with Crippen LogP contribution in [0.3, 0.4) is 0 Å². The highest BCUT2D eigenvalue weighted by Gasteiger charge is 2.66. The standard InChI is InChI=1S/C32H43NO3/c1-27(2)23-11-12-32(7)24(30(23,5)17-20(19-33)25(27)34)10-9-21-22-18-29(4,26(35)36-8)14-13-28(22,3)15-16-31(21,32)6/h9-10,17,22-23H,11-16,18H2,1-8H3/t22-,23-,28+,29-,30-,31+,32+/m0/s1. The van der Waals surface area contributed by atoms with Gasteiger partial charge in [0.2, 0.25) is 0 Å². The van der Waals surface area contributed by atoms with Crippen LogP contribution in [0.2, 0.25) is 0 Å². The molecule has 3 saturated carbocycles. The van der Waals surface area contributed by atoms with Crippen LogP contribution in [0.1, 0.15) is 93.4 Å². The van der Waals surface area contributed by atoms with Gasteiger partial charge in [0.05, 0.1) is 18.1 Å². The molecule has 0 radical (unpaired) electrons. The van der Waals surface area contributed by atoms with Crippen LogP contribution in [0.5, 0.6) is 0 Å². The smallest absolute Gasteiger partial charge is 0.311 e. The van der Waals surface area contributed by atoms with Gasteiger partial charge in [0, 0.05) is 10.8 Å². The molecule has 3 fully saturated rings. The highest BCUT2D eigenvalue weighted by atomic mass is 16.5. The van der Waals surface area contributed by atoms with Crippen LogP contribution in [0.15, 0.2) is 34.9 Å². The van der Waals surface area contributed by atoms with Crippen molar-refractivity contribution in [3.8, 4) is 6.07 Å². The van der Waals surface area contributed by atoms with Gasteiger partial charge < -0.3 is 4.74 Å². The minimum atomic E-state index is -0.557. The van der Waals surface area contributed by atoms with Crippen molar-refractivity contribution in [1.82, 2.24) is 0 Å². The predicted octanol–water partition coefficient (Wildman–Crippen LogP) is 7.12. The van der Waals surface area contributed by atoms with Crippen LogP contribution < -0.4 is 0 Å². The highest BCUT2D eigenvalue weighted by molar-refractivity contribution is 6.04. The molecule has 0 bridgehead atoms. The molecule has 0 N–H and O–H groups in total. The second-order valence-corrected chi connectivity index (χ2v) is 14.4. The Morgan fingerprint density at radius 1 is 0.972 bits per heavy atom. The number of Topliss-reactive ketones (excluding diaryl/α,β-unsaturated/α-hetero) is 1. The third-order valence-corrected chi connectivity index (χ3v) is 12.4. The maximum absolute atomic E-state index is 13.2. The van der Waals surface area contributed by atoms with Crippen molar-refractivity contribution in [2.45, 2.75) is 93.4 Å². The molecule has 0 amide bonds. The van der Waals surface area contributed by atoms with E-state index in [0.29, 0.717) is 11.5 Å². The molecule has 194 valence electrons. The normalized spacial score (nSPS) is 47.0. The van der Waals surface area contributed by atoms with Gasteiger partial charge in [-0.25, -0.2) is 0 Å². The van der Waals surface area contributed by atoms with E-state index >= 15 is 0 Å². The van der Waals surface area contributed by atoms with Crippen molar-refractivity contribution >= 4 is 11.8 Å². The number of nitrogens with zero attached hydrogens (tertiary/aromatic N) is 1. The van der Waals surface area contributed by atoms with E-state index in [2.05, 4.69) is 52.8 Å². The lowest BCUT2D eigenvalue weighted by Crippen LogP contribution is -2.60. The van der Waals surface area contributed by atoms with Crippen molar-refractivity contribution in [3.05, 3.63) is 34.9 Å². The molecule has 5 rings (SSSR count). The first-order valence-corrected chi connectivity index (χ1v) is 13.8. The third kappa shape index (κ3) is 2.92. The summed E-state index contributed by atoms with van der Waals surface area (Å²) in [5, 5.41) is 9.86. The van der Waals surface area contributed by atoms with E-state index in [1.165, 1.54) is 18.3 Å². The number of methoxy groups -OCH3 is 1. The molecular formula is C32H43NO3. The fourth-order valence-corrected chi connectivity index (χ4v) is 9.71. The van der Waals surface area contributed by atoms with E-state index in [0.717, 1.165) is 44.9 Å². The van der Waals surface area contributed by atoms with Crippen molar-refractivity contribution in [1.29, 1.82) is 5.26 Å². The van der Waals surface area contributed by atoms with Crippen molar-refractivity contribution < 1.29 is 14.3 Å². The van der Waals surface area contributed by atoms with Gasteiger partial charge >= 0.3 is 5.97 Å². The highest BCUT2D eigenvalue weighted by Crippen LogP contribution is 2.73. The Hall–Kier alpha value is -2.15. The summed E-state index contributed by atoms with van der Waals surface area (Å²) in [6.45, 7) is 15.8. The molecule has 0 saturated heterocycles. The fraction of sp³-hybridized carbons (Fsp3) is 0.719. The Morgan fingerprint density at radius 3 is 2.28 bits per heavy atom. The van der Waals surface area contributed by atoms with E-state index < -0.39 is 10.8 Å². The summed E-state index contributed by atoms with van der Waals surface area (Å²) >= 11 is 0. The van der Waals surface area contributed by atoms with Gasteiger partial charge in [0.15, 0.2) is 5.78 Å². The molecule has 5 aliphatic rings. The Morgan fingerprint density at radius 2 is 1.64 bits per heavy atom. The molecule has 0 unspecified atom stereocenters. The summed E-state index contributed by atoms with van der Waals surface area (Å²) < 4.78 is 5.26. The van der Waals surface area contributed by atoms with E-state index in [1.807, 2.05) is 19.9 Å². The molecule has 4 nitrogen and oxygen atoms in total. The topological polar surface area (TPSA) is 67.2 Å². The first kappa shape index (κ1) is 25.5. The summed E-state index contributed by atoms with van der Waals surface area (Å²) in [7, 11) is 1.51. The molecule has 0 aromatic heterocycles. The number of ether oxygens (including phenoxy) is 1. The number of carbonyl (C=O) groups excluding carboxylic acids is 2. The molecule has 0 heterocycles. The Balaban J connectivity index is 1.67. The van der Waals surface area contributed by atoms with Crippen molar-refractivity contribution in [2.75, 3.05) is 7.11 Å². The van der Waals surface area contributed by atoms with Crippen molar-refractivity contribution in [2.24, 2.45) is 44.3 Å². The number of fused-ring (bicyclic) bond motifs is 7. The van der Waals surface area contributed by atoms with Crippen LogP contribution in [0.25, 0.3) is 0 Å². The number of ketones is 1. The maximum Gasteiger partial charge on any atom is 0.311 e. The molecule has 36 heavy (non-hydrogen) atoms. The molecule has 0 spiro atoms. The Kier molecular flexibility index (Phi) is 5.28. The zero-order chi connectivity index (χ0) is 26.5. The summed E-state index contributed by atoms with van der Waals surface area (Å²) in [5.74, 6) is 0.446. The minimum absolute atomic E-state index is 0.00679. The summed E-state index contributed by atoms with van der Waals surface area (Å²) in [4.78, 5) is 26.0. The molecule has 0 aromatic rings. The lowest BCUT2D eigenvalue weighted by Gasteiger charge is -2.67. The quantitative estimate of drug-likeness (QED) is 0.368. The van der Waals surface area contributed by atoms with Gasteiger partial charge in [-0.05, 0) is 80.0 Å².